The van der Waals surface area contributed by atoms with E-state index in [1.165, 1.54) is 18.2 Å². The molecule has 7 heteroatoms. The van der Waals surface area contributed by atoms with Gasteiger partial charge in [0.05, 0.1) is 12.7 Å². The van der Waals surface area contributed by atoms with Crippen molar-refractivity contribution in [1.82, 2.24) is 0 Å². The summed E-state index contributed by atoms with van der Waals surface area (Å²) in [5.41, 5.74) is -1.12. The van der Waals surface area contributed by atoms with Gasteiger partial charge in [-0.2, -0.15) is 13.2 Å². The first-order valence-corrected chi connectivity index (χ1v) is 7.39. The number of carbonyl (C=O) groups is 1. The Kier molecular flexibility index (Phi) is 5.06. The van der Waals surface area contributed by atoms with Crippen LogP contribution in [0.1, 0.15) is 41.3 Å². The van der Waals surface area contributed by atoms with Crippen molar-refractivity contribution in [1.29, 1.82) is 0 Å². The zero-order chi connectivity index (χ0) is 18.9. The topological polar surface area (TPSA) is 46.5 Å². The van der Waals surface area contributed by atoms with Crippen LogP contribution in [0.4, 0.5) is 17.6 Å². The van der Waals surface area contributed by atoms with Crippen LogP contribution in [0.5, 0.6) is 5.75 Å². The molecule has 0 radical (unpaired) electrons. The van der Waals surface area contributed by atoms with Crippen molar-refractivity contribution < 1.29 is 32.2 Å². The maximum absolute atomic E-state index is 13.9. The molecule has 0 saturated heterocycles. The monoisotopic (exact) mass is 356 g/mol. The Morgan fingerprint density at radius 1 is 1.16 bits per heavy atom. The fourth-order valence-corrected chi connectivity index (χ4v) is 2.62. The smallest absolute Gasteiger partial charge is 0.419 e. The number of hydrogen-bond acceptors (Lipinski definition) is 2. The van der Waals surface area contributed by atoms with Crippen LogP contribution in [0.2, 0.25) is 0 Å². The predicted octanol–water partition coefficient (Wildman–Crippen LogP) is 5.34. The van der Waals surface area contributed by atoms with E-state index in [0.717, 1.165) is 19.2 Å². The van der Waals surface area contributed by atoms with Crippen LogP contribution >= 0.6 is 0 Å². The molecule has 0 aliphatic carbocycles. The van der Waals surface area contributed by atoms with Crippen LogP contribution in [-0.2, 0) is 6.18 Å². The van der Waals surface area contributed by atoms with E-state index < -0.39 is 34.8 Å². The molecule has 1 N–H and O–H groups in total. The van der Waals surface area contributed by atoms with Crippen LogP contribution in [0.15, 0.2) is 30.3 Å². The van der Waals surface area contributed by atoms with Crippen molar-refractivity contribution in [2.24, 2.45) is 0 Å². The second-order valence-electron chi connectivity index (χ2n) is 5.76. The lowest BCUT2D eigenvalue weighted by molar-refractivity contribution is -0.138. The van der Waals surface area contributed by atoms with Crippen LogP contribution in [0, 0.1) is 5.82 Å². The molecule has 2 aromatic rings. The van der Waals surface area contributed by atoms with E-state index >= 15 is 0 Å². The molecule has 0 saturated carbocycles. The molecule has 0 unspecified atom stereocenters. The molecule has 0 heterocycles. The van der Waals surface area contributed by atoms with Gasteiger partial charge in [-0.05, 0) is 40.8 Å². The quantitative estimate of drug-likeness (QED) is 0.752. The highest BCUT2D eigenvalue weighted by Gasteiger charge is 2.37. The molecule has 0 fully saturated rings. The van der Waals surface area contributed by atoms with Gasteiger partial charge in [0.15, 0.2) is 0 Å². The minimum atomic E-state index is -4.76. The molecule has 0 aromatic heterocycles. The minimum absolute atomic E-state index is 0.0271. The number of ether oxygens (including phenoxy) is 1. The van der Waals surface area contributed by atoms with E-state index in [9.17, 15) is 27.5 Å². The molecule has 0 aliphatic heterocycles. The average Bonchev–Trinajstić information content (AvgIpc) is 2.52. The van der Waals surface area contributed by atoms with Crippen molar-refractivity contribution >= 4 is 5.97 Å². The molecule has 2 aromatic carbocycles. The maximum atomic E-state index is 13.9. The average molecular weight is 356 g/mol. The fraction of sp³-hybridized carbons (Fsp3) is 0.278. The molecule has 0 bridgehead atoms. The molecule has 3 nitrogen and oxygen atoms in total. The SMILES string of the molecule is COc1c(C(F)(F)F)ccc(-c2ccc(F)c(C(C)C)c2)c1C(=O)O. The standard InChI is InChI=1S/C18H16F4O3/c1-9(2)12-8-10(4-7-14(12)19)11-5-6-13(18(20,21)22)16(25-3)15(11)17(23)24/h4-9H,1-3H3,(H,23,24). The molecular weight excluding hydrogens is 340 g/mol. The van der Waals surface area contributed by atoms with E-state index in [1.54, 1.807) is 13.8 Å². The minimum Gasteiger partial charge on any atom is -0.495 e. The summed E-state index contributed by atoms with van der Waals surface area (Å²) in [5, 5.41) is 9.44. The van der Waals surface area contributed by atoms with Crippen LogP contribution in [0.3, 0.4) is 0 Å². The van der Waals surface area contributed by atoms with Crippen molar-refractivity contribution in [3.63, 3.8) is 0 Å². The van der Waals surface area contributed by atoms with Crippen molar-refractivity contribution in [3.8, 4) is 16.9 Å². The molecule has 0 atom stereocenters. The zero-order valence-corrected chi connectivity index (χ0v) is 13.7. The first-order valence-electron chi connectivity index (χ1n) is 7.39. The second-order valence-corrected chi connectivity index (χ2v) is 5.76. The summed E-state index contributed by atoms with van der Waals surface area (Å²) in [4.78, 5) is 11.6. The molecule has 25 heavy (non-hydrogen) atoms. The molecule has 0 spiro atoms. The summed E-state index contributed by atoms with van der Waals surface area (Å²) in [5.74, 6) is -2.97. The zero-order valence-electron chi connectivity index (χ0n) is 13.7. The highest BCUT2D eigenvalue weighted by molar-refractivity contribution is 5.99. The van der Waals surface area contributed by atoms with Gasteiger partial charge in [-0.3, -0.25) is 0 Å². The molecule has 0 aliphatic rings. The molecule has 0 amide bonds. The van der Waals surface area contributed by atoms with Gasteiger partial charge in [-0.25, -0.2) is 9.18 Å². The Morgan fingerprint density at radius 3 is 2.28 bits per heavy atom. The Bertz CT molecular complexity index is 811. The molecular formula is C18H16F4O3. The number of alkyl halides is 3. The third kappa shape index (κ3) is 3.60. The number of carboxylic acid groups (broad SMARTS) is 1. The third-order valence-electron chi connectivity index (χ3n) is 3.81. The van der Waals surface area contributed by atoms with E-state index in [2.05, 4.69) is 0 Å². The fourth-order valence-electron chi connectivity index (χ4n) is 2.62. The van der Waals surface area contributed by atoms with E-state index in [-0.39, 0.29) is 11.5 Å². The van der Waals surface area contributed by atoms with Crippen molar-refractivity contribution in [2.75, 3.05) is 7.11 Å². The molecule has 134 valence electrons. The Morgan fingerprint density at radius 2 is 1.80 bits per heavy atom. The highest BCUT2D eigenvalue weighted by atomic mass is 19.4. The number of methoxy groups -OCH3 is 1. The Balaban J connectivity index is 2.79. The Hall–Kier alpha value is -2.57. The lowest BCUT2D eigenvalue weighted by Crippen LogP contribution is -2.12. The number of rotatable bonds is 4. The van der Waals surface area contributed by atoms with E-state index in [1.807, 2.05) is 0 Å². The Labute approximate surface area is 141 Å². The summed E-state index contributed by atoms with van der Waals surface area (Å²) in [6.45, 7) is 3.52. The summed E-state index contributed by atoms with van der Waals surface area (Å²) < 4.78 is 58.0. The van der Waals surface area contributed by atoms with Gasteiger partial charge in [0.25, 0.3) is 0 Å². The van der Waals surface area contributed by atoms with Gasteiger partial charge in [0.1, 0.15) is 17.1 Å². The van der Waals surface area contributed by atoms with E-state index in [4.69, 9.17) is 4.74 Å². The summed E-state index contributed by atoms with van der Waals surface area (Å²) in [7, 11) is 0.977. The third-order valence-corrected chi connectivity index (χ3v) is 3.81. The summed E-state index contributed by atoms with van der Waals surface area (Å²) in [6, 6.07) is 5.76. The largest absolute Gasteiger partial charge is 0.495 e. The second kappa shape index (κ2) is 6.74. The number of aromatic carboxylic acids is 1. The number of halogens is 4. The summed E-state index contributed by atoms with van der Waals surface area (Å²) >= 11 is 0. The first kappa shape index (κ1) is 18.8. The van der Waals surface area contributed by atoms with Crippen LogP contribution in [0.25, 0.3) is 11.1 Å². The van der Waals surface area contributed by atoms with Crippen LogP contribution < -0.4 is 4.74 Å². The normalized spacial score (nSPS) is 11.7. The van der Waals surface area contributed by atoms with Gasteiger partial charge in [0, 0.05) is 0 Å². The first-order chi connectivity index (χ1) is 11.6. The van der Waals surface area contributed by atoms with Crippen molar-refractivity contribution in [3.05, 3.63) is 52.8 Å². The van der Waals surface area contributed by atoms with Gasteiger partial charge in [0.2, 0.25) is 0 Å². The van der Waals surface area contributed by atoms with Crippen LogP contribution in [-0.4, -0.2) is 18.2 Å². The van der Waals surface area contributed by atoms with E-state index in [0.29, 0.717) is 11.1 Å². The lowest BCUT2D eigenvalue weighted by atomic mass is 9.92. The maximum Gasteiger partial charge on any atom is 0.419 e. The van der Waals surface area contributed by atoms with Gasteiger partial charge >= 0.3 is 12.1 Å². The molecule has 2 rings (SSSR count). The summed E-state index contributed by atoms with van der Waals surface area (Å²) in [6.07, 6.45) is -4.76. The highest BCUT2D eigenvalue weighted by Crippen LogP contribution is 2.42. The van der Waals surface area contributed by atoms with Gasteiger partial charge in [-0.1, -0.05) is 26.0 Å². The predicted molar refractivity (Wildman–Crippen MR) is 84.4 cm³/mol. The number of benzene rings is 2. The number of hydrogen-bond donors (Lipinski definition) is 1. The van der Waals surface area contributed by atoms with Crippen molar-refractivity contribution in [2.45, 2.75) is 25.9 Å². The lowest BCUT2D eigenvalue weighted by Gasteiger charge is -2.18. The van der Waals surface area contributed by atoms with Gasteiger partial charge < -0.3 is 9.84 Å². The number of carboxylic acids is 1. The van der Waals surface area contributed by atoms with Gasteiger partial charge in [-0.15, -0.1) is 0 Å².